The summed E-state index contributed by atoms with van der Waals surface area (Å²) < 4.78 is 1.24. The molecule has 1 aromatic heterocycles. The van der Waals surface area contributed by atoms with Crippen LogP contribution in [0.5, 0.6) is 0 Å². The minimum Gasteiger partial charge on any atom is -0.384 e. The molecule has 6 nitrogen and oxygen atoms in total. The maximum absolute atomic E-state index is 12.4. The van der Waals surface area contributed by atoms with E-state index >= 15 is 0 Å². The molecule has 1 amide bonds. The minimum absolute atomic E-state index is 0.0120. The normalized spacial score (nSPS) is 13.3. The van der Waals surface area contributed by atoms with Crippen molar-refractivity contribution in [3.63, 3.8) is 0 Å². The summed E-state index contributed by atoms with van der Waals surface area (Å²) in [7, 11) is 0. The summed E-state index contributed by atoms with van der Waals surface area (Å²) in [6.07, 6.45) is 1.35. The molecule has 3 rings (SSSR count). The number of amides is 1. The van der Waals surface area contributed by atoms with Crippen molar-refractivity contribution in [1.82, 2.24) is 14.9 Å². The topological polar surface area (TPSA) is 84.2 Å². The Hall–Kier alpha value is -2.70. The van der Waals surface area contributed by atoms with Gasteiger partial charge in [0, 0.05) is 5.02 Å². The molecule has 0 radical (unpaired) electrons. The number of rotatable bonds is 5. The average Bonchev–Trinajstić information content (AvgIpc) is 2.63. The van der Waals surface area contributed by atoms with Crippen LogP contribution in [0, 0.1) is 0 Å². The number of benzene rings is 2. The van der Waals surface area contributed by atoms with Gasteiger partial charge in [-0.25, -0.2) is 4.98 Å². The van der Waals surface area contributed by atoms with Gasteiger partial charge < -0.3 is 10.4 Å². The number of fused-ring (bicyclic) bond motifs is 1. The molecule has 1 unspecified atom stereocenters. The molecule has 134 valence electrons. The zero-order valence-corrected chi connectivity index (χ0v) is 14.9. The van der Waals surface area contributed by atoms with E-state index in [1.165, 1.54) is 10.9 Å². The van der Waals surface area contributed by atoms with Crippen molar-refractivity contribution in [2.45, 2.75) is 19.1 Å². The molecule has 0 aliphatic carbocycles. The number of nitrogens with one attached hydrogen (secondary N) is 1. The van der Waals surface area contributed by atoms with Gasteiger partial charge in [0.15, 0.2) is 0 Å². The first-order valence-corrected chi connectivity index (χ1v) is 8.44. The van der Waals surface area contributed by atoms with Crippen LogP contribution in [-0.2, 0) is 16.9 Å². The Labute approximate surface area is 155 Å². The minimum atomic E-state index is -1.28. The number of hydrogen-bond acceptors (Lipinski definition) is 4. The van der Waals surface area contributed by atoms with Gasteiger partial charge in [-0.1, -0.05) is 35.9 Å². The third-order valence-electron chi connectivity index (χ3n) is 4.12. The molecular weight excluding hydrogens is 354 g/mol. The summed E-state index contributed by atoms with van der Waals surface area (Å²) in [5.41, 5.74) is -0.395. The van der Waals surface area contributed by atoms with Crippen LogP contribution in [0.4, 0.5) is 0 Å². The van der Waals surface area contributed by atoms with Crippen LogP contribution in [-0.4, -0.2) is 27.1 Å². The highest BCUT2D eigenvalue weighted by molar-refractivity contribution is 6.30. The molecule has 2 aromatic carbocycles. The van der Waals surface area contributed by atoms with Gasteiger partial charge in [0.25, 0.3) is 5.56 Å². The number of carbonyl (C=O) groups excluding carboxylic acids is 1. The van der Waals surface area contributed by atoms with E-state index in [0.717, 1.165) is 0 Å². The molecule has 0 fully saturated rings. The zero-order valence-electron chi connectivity index (χ0n) is 14.1. The Morgan fingerprint density at radius 3 is 2.81 bits per heavy atom. The third-order valence-corrected chi connectivity index (χ3v) is 4.36. The molecule has 1 atom stereocenters. The Morgan fingerprint density at radius 2 is 2.04 bits per heavy atom. The predicted molar refractivity (Wildman–Crippen MR) is 100 cm³/mol. The summed E-state index contributed by atoms with van der Waals surface area (Å²) in [4.78, 5) is 28.8. The molecule has 3 aromatic rings. The first-order valence-electron chi connectivity index (χ1n) is 8.06. The molecule has 0 saturated heterocycles. The molecular formula is C19H18ClN3O3. The van der Waals surface area contributed by atoms with Gasteiger partial charge in [-0.2, -0.15) is 0 Å². The van der Waals surface area contributed by atoms with Crippen molar-refractivity contribution in [3.8, 4) is 0 Å². The molecule has 0 spiro atoms. The van der Waals surface area contributed by atoms with Gasteiger partial charge >= 0.3 is 0 Å². The van der Waals surface area contributed by atoms with Gasteiger partial charge in [0.2, 0.25) is 5.91 Å². The Kier molecular flexibility index (Phi) is 5.06. The average molecular weight is 372 g/mol. The van der Waals surface area contributed by atoms with E-state index in [4.69, 9.17) is 11.6 Å². The fourth-order valence-corrected chi connectivity index (χ4v) is 2.82. The van der Waals surface area contributed by atoms with E-state index in [1.54, 1.807) is 55.5 Å². The fourth-order valence-electron chi connectivity index (χ4n) is 2.63. The lowest BCUT2D eigenvalue weighted by Crippen LogP contribution is -2.41. The zero-order chi connectivity index (χ0) is 18.7. The first kappa shape index (κ1) is 18.1. The van der Waals surface area contributed by atoms with E-state index in [1.807, 2.05) is 0 Å². The van der Waals surface area contributed by atoms with Crippen LogP contribution in [0.3, 0.4) is 0 Å². The van der Waals surface area contributed by atoms with Crippen LogP contribution in [0.15, 0.2) is 59.7 Å². The number of para-hydroxylation sites is 1. The van der Waals surface area contributed by atoms with Gasteiger partial charge in [-0.15, -0.1) is 0 Å². The second kappa shape index (κ2) is 7.27. The van der Waals surface area contributed by atoms with Crippen LogP contribution < -0.4 is 10.9 Å². The molecule has 2 N–H and O–H groups in total. The predicted octanol–water partition coefficient (Wildman–Crippen LogP) is 2.07. The number of nitrogens with zero attached hydrogens (tertiary/aromatic N) is 2. The molecule has 1 heterocycles. The number of halogens is 1. The smallest absolute Gasteiger partial charge is 0.261 e. The standard InChI is InChI=1S/C19H18ClN3O3/c1-19(26,13-5-4-6-14(20)9-13)11-21-17(24)10-23-12-22-16-8-3-2-7-15(16)18(23)25/h2-9,12,26H,10-11H2,1H3,(H,21,24). The van der Waals surface area contributed by atoms with Gasteiger partial charge in [-0.05, 0) is 36.8 Å². The van der Waals surface area contributed by atoms with Gasteiger partial charge in [0.05, 0.1) is 23.8 Å². The van der Waals surface area contributed by atoms with Crippen LogP contribution in [0.2, 0.25) is 5.02 Å². The summed E-state index contributed by atoms with van der Waals surface area (Å²) in [5.74, 6) is -0.397. The summed E-state index contributed by atoms with van der Waals surface area (Å²) in [6, 6.07) is 13.8. The SMILES string of the molecule is CC(O)(CNC(=O)Cn1cnc2ccccc2c1=O)c1cccc(Cl)c1. The first-order chi connectivity index (χ1) is 12.4. The molecule has 0 bridgehead atoms. The van der Waals surface area contributed by atoms with Crippen molar-refractivity contribution < 1.29 is 9.90 Å². The largest absolute Gasteiger partial charge is 0.384 e. The van der Waals surface area contributed by atoms with Crippen LogP contribution in [0.25, 0.3) is 10.9 Å². The second-order valence-corrected chi connectivity index (χ2v) is 6.69. The van der Waals surface area contributed by atoms with E-state index in [9.17, 15) is 14.7 Å². The van der Waals surface area contributed by atoms with Crippen molar-refractivity contribution >= 4 is 28.4 Å². The molecule has 0 saturated carbocycles. The van der Waals surface area contributed by atoms with E-state index < -0.39 is 11.5 Å². The Morgan fingerprint density at radius 1 is 1.27 bits per heavy atom. The van der Waals surface area contributed by atoms with Gasteiger partial charge in [0.1, 0.15) is 12.1 Å². The van der Waals surface area contributed by atoms with Crippen molar-refractivity contribution in [3.05, 3.63) is 75.8 Å². The monoisotopic (exact) mass is 371 g/mol. The number of carbonyl (C=O) groups is 1. The summed E-state index contributed by atoms with van der Waals surface area (Å²) in [5, 5.41) is 14.2. The van der Waals surface area contributed by atoms with Crippen LogP contribution in [0.1, 0.15) is 12.5 Å². The highest BCUT2D eigenvalue weighted by atomic mass is 35.5. The highest BCUT2D eigenvalue weighted by Crippen LogP contribution is 2.22. The Bertz CT molecular complexity index is 1010. The number of aromatic nitrogens is 2. The molecule has 7 heteroatoms. The van der Waals surface area contributed by atoms with E-state index in [0.29, 0.717) is 21.5 Å². The quantitative estimate of drug-likeness (QED) is 0.719. The van der Waals surface area contributed by atoms with Crippen LogP contribution >= 0.6 is 11.6 Å². The van der Waals surface area contributed by atoms with E-state index in [2.05, 4.69) is 10.3 Å². The number of hydrogen-bond donors (Lipinski definition) is 2. The lowest BCUT2D eigenvalue weighted by molar-refractivity contribution is -0.122. The van der Waals surface area contributed by atoms with Crippen molar-refractivity contribution in [1.29, 1.82) is 0 Å². The number of aliphatic hydroxyl groups is 1. The second-order valence-electron chi connectivity index (χ2n) is 6.26. The molecule has 26 heavy (non-hydrogen) atoms. The summed E-state index contributed by atoms with van der Waals surface area (Å²) in [6.45, 7) is 1.40. The van der Waals surface area contributed by atoms with Gasteiger partial charge in [-0.3, -0.25) is 14.2 Å². The lowest BCUT2D eigenvalue weighted by Gasteiger charge is -2.24. The highest BCUT2D eigenvalue weighted by Gasteiger charge is 2.24. The molecule has 0 aliphatic rings. The lowest BCUT2D eigenvalue weighted by atomic mass is 9.96. The summed E-state index contributed by atoms with van der Waals surface area (Å²) >= 11 is 5.94. The molecule has 0 aliphatic heterocycles. The third kappa shape index (κ3) is 3.92. The fraction of sp³-hybridized carbons (Fsp3) is 0.211. The maximum Gasteiger partial charge on any atom is 0.261 e. The van der Waals surface area contributed by atoms with Crippen molar-refractivity contribution in [2.24, 2.45) is 0 Å². The van der Waals surface area contributed by atoms with E-state index in [-0.39, 0.29) is 18.6 Å². The maximum atomic E-state index is 12.4. The Balaban J connectivity index is 1.70. The van der Waals surface area contributed by atoms with Crippen molar-refractivity contribution in [2.75, 3.05) is 6.54 Å².